The van der Waals surface area contributed by atoms with Crippen LogP contribution in [0.5, 0.6) is 0 Å². The molecule has 214 valence electrons. The number of amides is 3. The summed E-state index contributed by atoms with van der Waals surface area (Å²) in [6.45, 7) is 4.65. The fraction of sp³-hybridized carbons (Fsp3) is 0.692. The van der Waals surface area contributed by atoms with Crippen LogP contribution < -0.4 is 16.0 Å². The van der Waals surface area contributed by atoms with Crippen LogP contribution in [0, 0.1) is 5.92 Å². The van der Waals surface area contributed by atoms with Crippen molar-refractivity contribution >= 4 is 23.7 Å². The Balaban J connectivity index is 1.62. The van der Waals surface area contributed by atoms with Crippen molar-refractivity contribution in [1.29, 1.82) is 0 Å². The molecule has 2 aliphatic heterocycles. The molecule has 0 radical (unpaired) electrons. The highest BCUT2D eigenvalue weighted by molar-refractivity contribution is 6.30. The SMILES string of the molecule is CN[C@H](C1CCOCC1)[C@H](O)[C@H](C)NC(=O)N1CCO[C@H](C(OCCNC(=O)OC)c2cccc(Cl)c2)C1. The molecule has 4 N–H and O–H groups in total. The number of carbonyl (C=O) groups excluding carboxylic acids is 2. The van der Waals surface area contributed by atoms with Crippen LogP contribution >= 0.6 is 11.6 Å². The number of aliphatic hydroxyl groups is 1. The number of urea groups is 1. The molecule has 0 bridgehead atoms. The summed E-state index contributed by atoms with van der Waals surface area (Å²) in [4.78, 5) is 26.3. The predicted molar refractivity (Wildman–Crippen MR) is 142 cm³/mol. The van der Waals surface area contributed by atoms with Crippen LogP contribution in [0.3, 0.4) is 0 Å². The topological polar surface area (TPSA) is 131 Å². The number of carbonyl (C=O) groups is 2. The van der Waals surface area contributed by atoms with Gasteiger partial charge in [-0.25, -0.2) is 9.59 Å². The highest BCUT2D eigenvalue weighted by Crippen LogP contribution is 2.28. The smallest absolute Gasteiger partial charge is 0.406 e. The first-order valence-electron chi connectivity index (χ1n) is 13.1. The van der Waals surface area contributed by atoms with Crippen molar-refractivity contribution in [2.75, 3.05) is 60.2 Å². The normalized spacial score (nSPS) is 21.7. The van der Waals surface area contributed by atoms with Gasteiger partial charge in [0.1, 0.15) is 12.2 Å². The van der Waals surface area contributed by atoms with Crippen molar-refractivity contribution in [3.63, 3.8) is 0 Å². The fourth-order valence-electron chi connectivity index (χ4n) is 5.00. The van der Waals surface area contributed by atoms with Gasteiger partial charge in [0.2, 0.25) is 0 Å². The number of aliphatic hydroxyl groups excluding tert-OH is 1. The summed E-state index contributed by atoms with van der Waals surface area (Å²) in [6, 6.07) is 6.40. The molecule has 3 amide bonds. The second-order valence-electron chi connectivity index (χ2n) is 9.61. The Morgan fingerprint density at radius 1 is 1.26 bits per heavy atom. The van der Waals surface area contributed by atoms with Gasteiger partial charge < -0.3 is 44.9 Å². The number of morpholine rings is 1. The summed E-state index contributed by atoms with van der Waals surface area (Å²) in [5.74, 6) is 0.278. The molecule has 2 saturated heterocycles. The lowest BCUT2D eigenvalue weighted by molar-refractivity contribution is -0.105. The molecular formula is C26H41ClN4O7. The molecule has 1 aromatic rings. The summed E-state index contributed by atoms with van der Waals surface area (Å²) < 4.78 is 22.2. The van der Waals surface area contributed by atoms with Gasteiger partial charge >= 0.3 is 12.1 Å². The number of halogens is 1. The van der Waals surface area contributed by atoms with Gasteiger partial charge in [0.05, 0.1) is 39.0 Å². The number of hydrogen-bond acceptors (Lipinski definition) is 8. The Bertz CT molecular complexity index is 889. The molecule has 11 nitrogen and oxygen atoms in total. The molecule has 2 aliphatic rings. The average Bonchev–Trinajstić information content (AvgIpc) is 2.93. The van der Waals surface area contributed by atoms with Gasteiger partial charge in [0.15, 0.2) is 0 Å². The van der Waals surface area contributed by atoms with Gasteiger partial charge in [0, 0.05) is 37.4 Å². The quantitative estimate of drug-likeness (QED) is 0.304. The van der Waals surface area contributed by atoms with Crippen molar-refractivity contribution in [3.05, 3.63) is 34.9 Å². The monoisotopic (exact) mass is 556 g/mol. The number of benzene rings is 1. The van der Waals surface area contributed by atoms with E-state index in [0.717, 1.165) is 18.4 Å². The minimum Gasteiger partial charge on any atom is -0.453 e. The second-order valence-corrected chi connectivity index (χ2v) is 10.0. The number of methoxy groups -OCH3 is 1. The molecule has 0 saturated carbocycles. The Morgan fingerprint density at radius 2 is 2.03 bits per heavy atom. The van der Waals surface area contributed by atoms with Crippen LogP contribution in [0.15, 0.2) is 24.3 Å². The molecule has 0 aliphatic carbocycles. The summed E-state index contributed by atoms with van der Waals surface area (Å²) in [5, 5.41) is 20.4. The van der Waals surface area contributed by atoms with Gasteiger partial charge in [-0.1, -0.05) is 23.7 Å². The van der Waals surface area contributed by atoms with Crippen LogP contribution in [0.1, 0.15) is 31.4 Å². The van der Waals surface area contributed by atoms with Crippen molar-refractivity contribution in [2.45, 2.75) is 50.2 Å². The van der Waals surface area contributed by atoms with Crippen LogP contribution in [0.25, 0.3) is 0 Å². The van der Waals surface area contributed by atoms with Crippen molar-refractivity contribution in [3.8, 4) is 0 Å². The molecule has 12 heteroatoms. The third-order valence-corrected chi connectivity index (χ3v) is 7.32. The van der Waals surface area contributed by atoms with E-state index in [1.165, 1.54) is 7.11 Å². The number of nitrogens with one attached hydrogen (secondary N) is 3. The maximum atomic E-state index is 13.2. The molecule has 5 atom stereocenters. The Labute approximate surface area is 229 Å². The lowest BCUT2D eigenvalue weighted by Crippen LogP contribution is -2.58. The van der Waals surface area contributed by atoms with Crippen molar-refractivity contribution < 1.29 is 33.6 Å². The van der Waals surface area contributed by atoms with E-state index in [1.807, 2.05) is 26.1 Å². The highest BCUT2D eigenvalue weighted by atomic mass is 35.5. The number of hydrogen-bond donors (Lipinski definition) is 4. The van der Waals surface area contributed by atoms with Gasteiger partial charge in [-0.3, -0.25) is 0 Å². The third kappa shape index (κ3) is 8.69. The van der Waals surface area contributed by atoms with Gasteiger partial charge in [-0.15, -0.1) is 0 Å². The minimum atomic E-state index is -0.756. The number of ether oxygens (including phenoxy) is 4. The first-order chi connectivity index (χ1) is 18.3. The number of alkyl carbamates (subject to hydrolysis) is 1. The Hall–Kier alpha value is -2.15. The van der Waals surface area contributed by atoms with Crippen LogP contribution in [0.2, 0.25) is 5.02 Å². The number of rotatable bonds is 11. The lowest BCUT2D eigenvalue weighted by Gasteiger charge is -2.39. The molecule has 0 spiro atoms. The maximum Gasteiger partial charge on any atom is 0.406 e. The van der Waals surface area contributed by atoms with E-state index in [9.17, 15) is 14.7 Å². The molecule has 1 aromatic carbocycles. The zero-order chi connectivity index (χ0) is 27.5. The highest BCUT2D eigenvalue weighted by Gasteiger charge is 2.35. The maximum absolute atomic E-state index is 13.2. The molecular weight excluding hydrogens is 516 g/mol. The predicted octanol–water partition coefficient (Wildman–Crippen LogP) is 1.93. The van der Waals surface area contributed by atoms with E-state index in [2.05, 4.69) is 20.7 Å². The van der Waals surface area contributed by atoms with Crippen LogP contribution in [-0.4, -0.2) is 107 Å². The fourth-order valence-corrected chi connectivity index (χ4v) is 5.20. The Kier molecular flexibility index (Phi) is 12.4. The van der Waals surface area contributed by atoms with Crippen molar-refractivity contribution in [1.82, 2.24) is 20.9 Å². The molecule has 2 heterocycles. The summed E-state index contributed by atoms with van der Waals surface area (Å²) in [6.07, 6.45) is -0.539. The summed E-state index contributed by atoms with van der Waals surface area (Å²) in [7, 11) is 3.13. The van der Waals surface area contributed by atoms with E-state index in [-0.39, 0.29) is 37.7 Å². The van der Waals surface area contributed by atoms with Crippen LogP contribution in [-0.2, 0) is 18.9 Å². The average molecular weight is 557 g/mol. The van der Waals surface area contributed by atoms with E-state index in [1.54, 1.807) is 17.0 Å². The third-order valence-electron chi connectivity index (χ3n) is 7.09. The minimum absolute atomic E-state index is 0.147. The standard InChI is InChI=1S/C26H41ClN4O7/c1-17(23(32)22(28-2)18-7-11-36-12-8-18)30-25(33)31-10-14-37-21(16-31)24(19-5-4-6-20(27)15-19)38-13-9-29-26(34)35-3/h4-6,15,17-18,21-24,28,32H,7-14,16H2,1-3H3,(H,29,34)(H,30,33)/t17-,21-,22+,23+,24?/m0/s1. The Morgan fingerprint density at radius 3 is 2.71 bits per heavy atom. The first kappa shape index (κ1) is 30.4. The zero-order valence-electron chi connectivity index (χ0n) is 22.4. The molecule has 3 rings (SSSR count). The van der Waals surface area contributed by atoms with Gasteiger partial charge in [-0.05, 0) is 50.4 Å². The second kappa shape index (κ2) is 15.4. The largest absolute Gasteiger partial charge is 0.453 e. The van der Waals surface area contributed by atoms with E-state index >= 15 is 0 Å². The molecule has 38 heavy (non-hydrogen) atoms. The van der Waals surface area contributed by atoms with Gasteiger partial charge in [-0.2, -0.15) is 0 Å². The van der Waals surface area contributed by atoms with Gasteiger partial charge in [0.25, 0.3) is 0 Å². The van der Waals surface area contributed by atoms with E-state index in [4.69, 9.17) is 25.8 Å². The number of nitrogens with zero attached hydrogens (tertiary/aromatic N) is 1. The molecule has 2 fully saturated rings. The van der Waals surface area contributed by atoms with E-state index < -0.39 is 30.4 Å². The molecule has 1 unspecified atom stereocenters. The van der Waals surface area contributed by atoms with E-state index in [0.29, 0.717) is 31.4 Å². The zero-order valence-corrected chi connectivity index (χ0v) is 23.1. The van der Waals surface area contributed by atoms with Crippen LogP contribution in [0.4, 0.5) is 9.59 Å². The van der Waals surface area contributed by atoms with Crippen molar-refractivity contribution in [2.24, 2.45) is 5.92 Å². The number of likely N-dealkylation sites (N-methyl/N-ethyl adjacent to an activating group) is 1. The first-order valence-corrected chi connectivity index (χ1v) is 13.5. The summed E-state index contributed by atoms with van der Waals surface area (Å²) in [5.41, 5.74) is 0.806. The lowest BCUT2D eigenvalue weighted by atomic mass is 9.86. The molecule has 0 aromatic heterocycles. The summed E-state index contributed by atoms with van der Waals surface area (Å²) >= 11 is 6.23.